The van der Waals surface area contributed by atoms with Gasteiger partial charge in [-0.15, -0.1) is 0 Å². The van der Waals surface area contributed by atoms with E-state index in [4.69, 9.17) is 0 Å². The average molecular weight is 630 g/mol. The van der Waals surface area contributed by atoms with Crippen molar-refractivity contribution in [1.82, 2.24) is 4.90 Å². The molecule has 45 heavy (non-hydrogen) atoms. The molecule has 0 heterocycles. The van der Waals surface area contributed by atoms with Gasteiger partial charge >= 0.3 is 12.4 Å². The number of rotatable bonds is 10. The molecule has 0 aliphatic rings. The molecule has 5 nitrogen and oxygen atoms in total. The number of hydrogen-bond donors (Lipinski definition) is 1. The van der Waals surface area contributed by atoms with Gasteiger partial charge in [-0.3, -0.25) is 9.59 Å². The Morgan fingerprint density at radius 1 is 0.756 bits per heavy atom. The third-order valence-corrected chi connectivity index (χ3v) is 7.69. The Kier molecular flexibility index (Phi) is 10.1. The number of amides is 2. The summed E-state index contributed by atoms with van der Waals surface area (Å²) in [5, 5.41) is 4.64. The second kappa shape index (κ2) is 13.6. The van der Waals surface area contributed by atoms with Gasteiger partial charge in [-0.25, -0.2) is 0 Å². The SMILES string of the molecule is CCN(CC)c1ccc(NC(=O)CC(Cc2ccc3ccccc3c2)N(C)C(=O)c2cc(C(F)(F)F)cc(C(F)(F)F)c2)cc1. The number of hydrogen-bond acceptors (Lipinski definition) is 3. The fourth-order valence-corrected chi connectivity index (χ4v) is 5.20. The van der Waals surface area contributed by atoms with Crippen molar-refractivity contribution in [3.8, 4) is 0 Å². The van der Waals surface area contributed by atoms with Gasteiger partial charge in [0.25, 0.3) is 5.91 Å². The number of anilines is 2. The van der Waals surface area contributed by atoms with Crippen LogP contribution in [0.3, 0.4) is 0 Å². The second-order valence-electron chi connectivity index (χ2n) is 10.7. The second-order valence-corrected chi connectivity index (χ2v) is 10.7. The minimum Gasteiger partial charge on any atom is -0.372 e. The van der Waals surface area contributed by atoms with E-state index >= 15 is 0 Å². The first kappa shape index (κ1) is 33.4. The predicted molar refractivity (Wildman–Crippen MR) is 163 cm³/mol. The third-order valence-electron chi connectivity index (χ3n) is 7.69. The van der Waals surface area contributed by atoms with E-state index in [1.165, 1.54) is 7.05 Å². The van der Waals surface area contributed by atoms with Crippen molar-refractivity contribution >= 4 is 34.0 Å². The molecule has 0 fully saturated rings. The summed E-state index contributed by atoms with van der Waals surface area (Å²) in [5.41, 5.74) is -1.76. The first-order valence-electron chi connectivity index (χ1n) is 14.4. The molecular formula is C34H33F6N3O2. The van der Waals surface area contributed by atoms with Crippen molar-refractivity contribution in [2.45, 2.75) is 45.1 Å². The molecule has 0 bridgehead atoms. The lowest BCUT2D eigenvalue weighted by molar-refractivity contribution is -0.143. The molecule has 4 aromatic carbocycles. The van der Waals surface area contributed by atoms with Gasteiger partial charge in [-0.05, 0) is 79.1 Å². The average Bonchev–Trinajstić information content (AvgIpc) is 3.00. The van der Waals surface area contributed by atoms with Crippen LogP contribution in [0.2, 0.25) is 0 Å². The number of fused-ring (bicyclic) bond motifs is 1. The smallest absolute Gasteiger partial charge is 0.372 e. The number of alkyl halides is 6. The van der Waals surface area contributed by atoms with E-state index in [-0.39, 0.29) is 18.9 Å². The summed E-state index contributed by atoms with van der Waals surface area (Å²) < 4.78 is 81.1. The fraction of sp³-hybridized carbons (Fsp3) is 0.294. The largest absolute Gasteiger partial charge is 0.416 e. The molecule has 0 aromatic heterocycles. The van der Waals surface area contributed by atoms with E-state index in [1.807, 2.05) is 68.4 Å². The molecule has 0 aliphatic carbocycles. The van der Waals surface area contributed by atoms with Crippen molar-refractivity contribution in [2.24, 2.45) is 0 Å². The van der Waals surface area contributed by atoms with Crippen molar-refractivity contribution in [3.05, 3.63) is 107 Å². The Bertz CT molecular complexity index is 1610. The van der Waals surface area contributed by atoms with Crippen LogP contribution in [-0.4, -0.2) is 42.9 Å². The van der Waals surface area contributed by atoms with Crippen molar-refractivity contribution in [2.75, 3.05) is 30.4 Å². The highest BCUT2D eigenvalue weighted by atomic mass is 19.4. The summed E-state index contributed by atoms with van der Waals surface area (Å²) in [6, 6.07) is 20.1. The quantitative estimate of drug-likeness (QED) is 0.179. The minimum atomic E-state index is -5.11. The summed E-state index contributed by atoms with van der Waals surface area (Å²) in [7, 11) is 1.27. The van der Waals surface area contributed by atoms with Gasteiger partial charge in [0, 0.05) is 49.5 Å². The van der Waals surface area contributed by atoms with Gasteiger partial charge in [-0.2, -0.15) is 26.3 Å². The number of benzene rings is 4. The molecule has 4 aromatic rings. The van der Waals surface area contributed by atoms with Crippen LogP contribution in [-0.2, 0) is 23.6 Å². The summed E-state index contributed by atoms with van der Waals surface area (Å²) in [4.78, 5) is 29.9. The summed E-state index contributed by atoms with van der Waals surface area (Å²) in [6.45, 7) is 5.65. The molecule has 0 saturated heterocycles. The molecule has 1 unspecified atom stereocenters. The maximum Gasteiger partial charge on any atom is 0.416 e. The highest BCUT2D eigenvalue weighted by Crippen LogP contribution is 2.37. The molecule has 11 heteroatoms. The predicted octanol–water partition coefficient (Wildman–Crippen LogP) is 8.44. The van der Waals surface area contributed by atoms with E-state index in [1.54, 1.807) is 12.1 Å². The summed E-state index contributed by atoms with van der Waals surface area (Å²) in [6.07, 6.45) is -10.4. The Morgan fingerprint density at radius 3 is 1.89 bits per heavy atom. The third kappa shape index (κ3) is 8.34. The molecule has 4 rings (SSSR count). The Morgan fingerprint density at radius 2 is 1.33 bits per heavy atom. The molecule has 1 atom stereocenters. The van der Waals surface area contributed by atoms with E-state index in [2.05, 4.69) is 10.2 Å². The minimum absolute atomic E-state index is 0.0255. The fourth-order valence-electron chi connectivity index (χ4n) is 5.20. The topological polar surface area (TPSA) is 52.7 Å². The normalized spacial score (nSPS) is 12.6. The number of carbonyl (C=O) groups excluding carboxylic acids is 2. The standard InChI is InChI=1S/C34H33F6N3O2/c1-4-43(5-2)29-14-12-28(13-15-29)41-31(44)21-30(17-22-10-11-23-8-6-7-9-24(23)16-22)42(3)32(45)25-18-26(33(35,36)37)20-27(19-25)34(38,39)40/h6-16,18-20,30H,4-5,17,21H2,1-3H3,(H,41,44). The number of nitrogens with one attached hydrogen (secondary N) is 1. The van der Waals surface area contributed by atoms with Crippen LogP contribution in [0.5, 0.6) is 0 Å². The first-order valence-corrected chi connectivity index (χ1v) is 14.4. The number of likely N-dealkylation sites (N-methyl/N-ethyl adjacent to an activating group) is 1. The lowest BCUT2D eigenvalue weighted by Crippen LogP contribution is -2.41. The molecule has 0 spiro atoms. The van der Waals surface area contributed by atoms with Crippen LogP contribution >= 0.6 is 0 Å². The molecule has 0 radical (unpaired) electrons. The van der Waals surface area contributed by atoms with E-state index in [0.29, 0.717) is 17.8 Å². The molecular weight excluding hydrogens is 596 g/mol. The molecule has 0 aliphatic heterocycles. The molecule has 2 amide bonds. The maximum atomic E-state index is 13.5. The van der Waals surface area contributed by atoms with Crippen LogP contribution in [0.25, 0.3) is 10.8 Å². The monoisotopic (exact) mass is 629 g/mol. The lowest BCUT2D eigenvalue weighted by atomic mass is 9.97. The molecule has 0 saturated carbocycles. The van der Waals surface area contributed by atoms with Crippen molar-refractivity contribution < 1.29 is 35.9 Å². The zero-order valence-corrected chi connectivity index (χ0v) is 25.0. The van der Waals surface area contributed by atoms with Crippen LogP contribution in [0.4, 0.5) is 37.7 Å². The van der Waals surface area contributed by atoms with Gasteiger partial charge in [-0.1, -0.05) is 42.5 Å². The Labute approximate surface area is 257 Å². The van der Waals surface area contributed by atoms with E-state index in [0.717, 1.165) is 40.0 Å². The Balaban J connectivity index is 1.64. The summed E-state index contributed by atoms with van der Waals surface area (Å²) in [5.74, 6) is -1.55. The summed E-state index contributed by atoms with van der Waals surface area (Å²) >= 11 is 0. The van der Waals surface area contributed by atoms with Crippen LogP contribution in [0.1, 0.15) is 47.3 Å². The Hall–Kier alpha value is -4.54. The van der Waals surface area contributed by atoms with E-state index in [9.17, 15) is 35.9 Å². The zero-order valence-electron chi connectivity index (χ0n) is 25.0. The van der Waals surface area contributed by atoms with Crippen molar-refractivity contribution in [3.63, 3.8) is 0 Å². The van der Waals surface area contributed by atoms with Gasteiger partial charge < -0.3 is 15.1 Å². The van der Waals surface area contributed by atoms with Gasteiger partial charge in [0.15, 0.2) is 0 Å². The van der Waals surface area contributed by atoms with Crippen LogP contribution < -0.4 is 10.2 Å². The number of carbonyl (C=O) groups is 2. The van der Waals surface area contributed by atoms with Gasteiger partial charge in [0.05, 0.1) is 11.1 Å². The van der Waals surface area contributed by atoms with Gasteiger partial charge in [0.1, 0.15) is 0 Å². The van der Waals surface area contributed by atoms with Crippen LogP contribution in [0.15, 0.2) is 84.9 Å². The van der Waals surface area contributed by atoms with Crippen molar-refractivity contribution in [1.29, 1.82) is 0 Å². The zero-order chi connectivity index (χ0) is 32.9. The number of halogens is 6. The van der Waals surface area contributed by atoms with E-state index < -0.39 is 46.9 Å². The highest BCUT2D eigenvalue weighted by molar-refractivity contribution is 5.96. The maximum absolute atomic E-state index is 13.5. The highest BCUT2D eigenvalue weighted by Gasteiger charge is 2.38. The molecule has 238 valence electrons. The van der Waals surface area contributed by atoms with Gasteiger partial charge in [0.2, 0.25) is 5.91 Å². The first-order chi connectivity index (χ1) is 21.2. The number of nitrogens with zero attached hydrogens (tertiary/aromatic N) is 2. The van der Waals surface area contributed by atoms with Crippen LogP contribution in [0, 0.1) is 0 Å². The molecule has 1 N–H and O–H groups in total. The lowest BCUT2D eigenvalue weighted by Gasteiger charge is -2.29.